The molecule has 3 nitrogen and oxygen atoms in total. The van der Waals surface area contributed by atoms with Crippen molar-refractivity contribution in [1.82, 2.24) is 9.88 Å². The molecule has 1 unspecified atom stereocenters. The van der Waals surface area contributed by atoms with Crippen LogP contribution >= 0.6 is 0 Å². The Morgan fingerprint density at radius 2 is 2.16 bits per heavy atom. The highest BCUT2D eigenvalue weighted by Crippen LogP contribution is 2.22. The van der Waals surface area contributed by atoms with E-state index in [4.69, 9.17) is 0 Å². The first kappa shape index (κ1) is 14.3. The van der Waals surface area contributed by atoms with Gasteiger partial charge in [-0.2, -0.15) is 4.39 Å². The fourth-order valence-corrected chi connectivity index (χ4v) is 2.83. The highest BCUT2D eigenvalue weighted by atomic mass is 19.1. The zero-order valence-electron chi connectivity index (χ0n) is 11.9. The van der Waals surface area contributed by atoms with Gasteiger partial charge in [-0.05, 0) is 63.9 Å². The number of hydrogen-bond acceptors (Lipinski definition) is 3. The summed E-state index contributed by atoms with van der Waals surface area (Å²) in [6, 6.07) is 5.24. The predicted molar refractivity (Wildman–Crippen MR) is 76.7 cm³/mol. The van der Waals surface area contributed by atoms with E-state index in [2.05, 4.69) is 29.0 Å². The van der Waals surface area contributed by atoms with Gasteiger partial charge >= 0.3 is 0 Å². The van der Waals surface area contributed by atoms with E-state index < -0.39 is 5.95 Å². The second-order valence-electron chi connectivity index (χ2n) is 5.46. The summed E-state index contributed by atoms with van der Waals surface area (Å²) < 4.78 is 13.0. The van der Waals surface area contributed by atoms with Crippen LogP contribution in [0.1, 0.15) is 33.1 Å². The quantitative estimate of drug-likeness (QED) is 0.829. The summed E-state index contributed by atoms with van der Waals surface area (Å²) in [5.74, 6) is 0.872. The smallest absolute Gasteiger partial charge is 0.214 e. The van der Waals surface area contributed by atoms with Gasteiger partial charge in [0, 0.05) is 6.04 Å². The number of nitrogens with one attached hydrogen (secondary N) is 1. The Kier molecular flexibility index (Phi) is 5.14. The minimum atomic E-state index is -0.421. The number of likely N-dealkylation sites (tertiary alicyclic amines) is 1. The maximum absolute atomic E-state index is 13.0. The molecule has 1 aromatic heterocycles. The molecule has 106 valence electrons. The second-order valence-corrected chi connectivity index (χ2v) is 5.46. The average Bonchev–Trinajstić information content (AvgIpc) is 2.40. The number of pyridine rings is 1. The first-order chi connectivity index (χ1) is 9.19. The molecule has 4 heteroatoms. The summed E-state index contributed by atoms with van der Waals surface area (Å²) in [6.07, 6.45) is 3.65. The summed E-state index contributed by atoms with van der Waals surface area (Å²) in [6.45, 7) is 7.97. The normalized spacial score (nSPS) is 19.3. The van der Waals surface area contributed by atoms with Gasteiger partial charge in [0.1, 0.15) is 5.82 Å². The summed E-state index contributed by atoms with van der Waals surface area (Å²) >= 11 is 0. The third kappa shape index (κ3) is 4.16. The fraction of sp³-hybridized carbons (Fsp3) is 0.667. The second kappa shape index (κ2) is 6.85. The average molecular weight is 265 g/mol. The van der Waals surface area contributed by atoms with Crippen LogP contribution in [-0.4, -0.2) is 35.6 Å². The Labute approximate surface area is 115 Å². The van der Waals surface area contributed by atoms with Crippen molar-refractivity contribution in [2.75, 3.05) is 25.0 Å². The molecule has 2 rings (SSSR count). The highest BCUT2D eigenvalue weighted by Gasteiger charge is 2.23. The number of aromatic nitrogens is 1. The Bertz CT molecular complexity index is 389. The topological polar surface area (TPSA) is 28.2 Å². The molecule has 1 N–H and O–H groups in total. The number of rotatable bonds is 5. The van der Waals surface area contributed by atoms with E-state index in [1.807, 2.05) is 6.07 Å². The van der Waals surface area contributed by atoms with Crippen LogP contribution < -0.4 is 5.32 Å². The van der Waals surface area contributed by atoms with Crippen LogP contribution in [0.4, 0.5) is 10.2 Å². The molecule has 1 aromatic rings. The zero-order valence-corrected chi connectivity index (χ0v) is 11.9. The van der Waals surface area contributed by atoms with Gasteiger partial charge in [0.05, 0.1) is 0 Å². The van der Waals surface area contributed by atoms with Gasteiger partial charge in [0.25, 0.3) is 0 Å². The molecule has 1 aliphatic rings. The molecule has 0 aromatic carbocycles. The van der Waals surface area contributed by atoms with E-state index in [0.717, 1.165) is 0 Å². The third-order valence-corrected chi connectivity index (χ3v) is 3.97. The Morgan fingerprint density at radius 3 is 2.79 bits per heavy atom. The van der Waals surface area contributed by atoms with Gasteiger partial charge in [-0.15, -0.1) is 0 Å². The highest BCUT2D eigenvalue weighted by molar-refractivity contribution is 5.34. The lowest BCUT2D eigenvalue weighted by Gasteiger charge is -2.35. The summed E-state index contributed by atoms with van der Waals surface area (Å²) in [5.41, 5.74) is 0. The summed E-state index contributed by atoms with van der Waals surface area (Å²) in [7, 11) is 0. The molecule has 0 spiro atoms. The van der Waals surface area contributed by atoms with Crippen molar-refractivity contribution in [2.45, 2.75) is 39.2 Å². The molecule has 1 saturated heterocycles. The molecule has 0 saturated carbocycles. The zero-order chi connectivity index (χ0) is 13.7. The van der Waals surface area contributed by atoms with E-state index in [0.29, 0.717) is 17.8 Å². The van der Waals surface area contributed by atoms with E-state index in [1.165, 1.54) is 45.0 Å². The molecular formula is C15H24FN3. The van der Waals surface area contributed by atoms with Crippen LogP contribution in [0.3, 0.4) is 0 Å². The molecule has 0 radical (unpaired) electrons. The van der Waals surface area contributed by atoms with Crippen LogP contribution in [0, 0.1) is 11.9 Å². The van der Waals surface area contributed by atoms with Gasteiger partial charge in [0.15, 0.2) is 0 Å². The van der Waals surface area contributed by atoms with Crippen molar-refractivity contribution < 1.29 is 4.39 Å². The fourth-order valence-electron chi connectivity index (χ4n) is 2.83. The van der Waals surface area contributed by atoms with E-state index in [9.17, 15) is 4.39 Å². The molecule has 2 heterocycles. The number of anilines is 1. The van der Waals surface area contributed by atoms with Crippen LogP contribution in [0.15, 0.2) is 18.2 Å². The maximum atomic E-state index is 13.0. The number of nitrogens with zero attached hydrogens (tertiary/aromatic N) is 2. The minimum absolute atomic E-state index is 0.345. The minimum Gasteiger partial charge on any atom is -0.367 e. The standard InChI is InChI=1S/C15H24FN3/c1-3-9-19-10-7-13(8-11-19)12(2)17-15-6-4-5-14(16)18-15/h4-6,12-13H,3,7-11H2,1-2H3,(H,17,18). The maximum Gasteiger partial charge on any atom is 0.214 e. The largest absolute Gasteiger partial charge is 0.367 e. The van der Waals surface area contributed by atoms with Crippen molar-refractivity contribution in [1.29, 1.82) is 0 Å². The Hall–Kier alpha value is -1.16. The van der Waals surface area contributed by atoms with E-state index >= 15 is 0 Å². The Morgan fingerprint density at radius 1 is 1.42 bits per heavy atom. The van der Waals surface area contributed by atoms with Crippen molar-refractivity contribution >= 4 is 5.82 Å². The van der Waals surface area contributed by atoms with Gasteiger partial charge in [-0.3, -0.25) is 0 Å². The van der Waals surface area contributed by atoms with Crippen LogP contribution in [0.5, 0.6) is 0 Å². The van der Waals surface area contributed by atoms with Gasteiger partial charge in [-0.1, -0.05) is 13.0 Å². The van der Waals surface area contributed by atoms with E-state index in [1.54, 1.807) is 6.07 Å². The lowest BCUT2D eigenvalue weighted by molar-refractivity contribution is 0.176. The molecule has 1 atom stereocenters. The third-order valence-electron chi connectivity index (χ3n) is 3.97. The van der Waals surface area contributed by atoms with Gasteiger partial charge in [0.2, 0.25) is 5.95 Å². The van der Waals surface area contributed by atoms with Crippen molar-refractivity contribution in [3.05, 3.63) is 24.1 Å². The molecule has 1 fully saturated rings. The molecular weight excluding hydrogens is 241 g/mol. The first-order valence-corrected chi connectivity index (χ1v) is 7.30. The lowest BCUT2D eigenvalue weighted by atomic mass is 9.90. The summed E-state index contributed by atoms with van der Waals surface area (Å²) in [4.78, 5) is 6.40. The van der Waals surface area contributed by atoms with Crippen molar-refractivity contribution in [3.8, 4) is 0 Å². The Balaban J connectivity index is 1.82. The molecule has 0 bridgehead atoms. The van der Waals surface area contributed by atoms with Crippen molar-refractivity contribution in [2.24, 2.45) is 5.92 Å². The van der Waals surface area contributed by atoms with Crippen LogP contribution in [0.2, 0.25) is 0 Å². The van der Waals surface area contributed by atoms with Gasteiger partial charge < -0.3 is 10.2 Å². The number of hydrogen-bond donors (Lipinski definition) is 1. The summed E-state index contributed by atoms with van der Waals surface area (Å²) in [5, 5.41) is 3.33. The lowest BCUT2D eigenvalue weighted by Crippen LogP contribution is -2.39. The van der Waals surface area contributed by atoms with E-state index in [-0.39, 0.29) is 0 Å². The predicted octanol–water partition coefficient (Wildman–Crippen LogP) is 3.14. The van der Waals surface area contributed by atoms with Crippen LogP contribution in [0.25, 0.3) is 0 Å². The monoisotopic (exact) mass is 265 g/mol. The van der Waals surface area contributed by atoms with Crippen LogP contribution in [-0.2, 0) is 0 Å². The number of piperidine rings is 1. The number of halogens is 1. The first-order valence-electron chi connectivity index (χ1n) is 7.30. The SMILES string of the molecule is CCCN1CCC(C(C)Nc2cccc(F)n2)CC1. The molecule has 19 heavy (non-hydrogen) atoms. The van der Waals surface area contributed by atoms with Gasteiger partial charge in [-0.25, -0.2) is 4.98 Å². The molecule has 1 aliphatic heterocycles. The molecule has 0 amide bonds. The van der Waals surface area contributed by atoms with Crippen molar-refractivity contribution in [3.63, 3.8) is 0 Å². The molecule has 0 aliphatic carbocycles.